The zero-order valence-corrected chi connectivity index (χ0v) is 10.3. The van der Waals surface area contributed by atoms with Gasteiger partial charge in [0.15, 0.2) is 0 Å². The van der Waals surface area contributed by atoms with Crippen LogP contribution >= 0.6 is 12.2 Å². The number of aryl methyl sites for hydroxylation is 1. The number of amides is 1. The lowest BCUT2D eigenvalue weighted by Gasteiger charge is -2.10. The molecule has 0 aliphatic rings. The van der Waals surface area contributed by atoms with Gasteiger partial charge in [-0.3, -0.25) is 9.48 Å². The Morgan fingerprint density at radius 3 is 2.94 bits per heavy atom. The lowest BCUT2D eigenvalue weighted by molar-refractivity contribution is -0.122. The molecule has 0 saturated heterocycles. The molecule has 88 valence electrons. The normalized spacial score (nSPS) is 12.1. The number of nitrogens with one attached hydrogen (secondary N) is 1. The van der Waals surface area contributed by atoms with E-state index in [1.165, 1.54) is 0 Å². The van der Waals surface area contributed by atoms with Gasteiger partial charge in [0.05, 0.1) is 23.6 Å². The molecule has 1 aromatic heterocycles. The number of nitrogens with two attached hydrogens (primary N) is 1. The molecule has 1 amide bonds. The molecule has 1 heterocycles. The number of hydrogen-bond donors (Lipinski definition) is 2. The fourth-order valence-electron chi connectivity index (χ4n) is 1.17. The minimum absolute atomic E-state index is 0.142. The van der Waals surface area contributed by atoms with E-state index in [0.717, 1.165) is 5.56 Å². The van der Waals surface area contributed by atoms with Gasteiger partial charge in [-0.15, -0.1) is 0 Å². The summed E-state index contributed by atoms with van der Waals surface area (Å²) in [5, 5.41) is 6.86. The van der Waals surface area contributed by atoms with E-state index in [9.17, 15) is 4.79 Å². The fraction of sp³-hybridized carbons (Fsp3) is 0.500. The predicted molar refractivity (Wildman–Crippen MR) is 65.9 cm³/mol. The first kappa shape index (κ1) is 12.6. The highest BCUT2D eigenvalue weighted by molar-refractivity contribution is 7.80. The van der Waals surface area contributed by atoms with E-state index < -0.39 is 5.92 Å². The maximum Gasteiger partial charge on any atom is 0.229 e. The van der Waals surface area contributed by atoms with Crippen LogP contribution in [0.5, 0.6) is 0 Å². The fourth-order valence-corrected chi connectivity index (χ4v) is 1.27. The molecule has 0 spiro atoms. The summed E-state index contributed by atoms with van der Waals surface area (Å²) in [5.74, 6) is -0.564. The summed E-state index contributed by atoms with van der Waals surface area (Å²) in [6.07, 6.45) is 3.70. The van der Waals surface area contributed by atoms with Crippen molar-refractivity contribution in [2.45, 2.75) is 20.4 Å². The van der Waals surface area contributed by atoms with Crippen LogP contribution in [-0.4, -0.2) is 27.2 Å². The van der Waals surface area contributed by atoms with Gasteiger partial charge in [-0.1, -0.05) is 12.2 Å². The van der Waals surface area contributed by atoms with Gasteiger partial charge >= 0.3 is 0 Å². The third kappa shape index (κ3) is 3.62. The topological polar surface area (TPSA) is 72.9 Å². The second kappa shape index (κ2) is 5.60. The number of carbonyl (C=O) groups is 1. The lowest BCUT2D eigenvalue weighted by Crippen LogP contribution is -2.37. The minimum Gasteiger partial charge on any atom is -0.393 e. The molecule has 1 rings (SSSR count). The second-order valence-corrected chi connectivity index (χ2v) is 4.17. The van der Waals surface area contributed by atoms with E-state index in [-0.39, 0.29) is 10.9 Å². The Labute approximate surface area is 100 Å². The first-order valence-corrected chi connectivity index (χ1v) is 5.47. The van der Waals surface area contributed by atoms with Crippen LogP contribution in [0.15, 0.2) is 12.4 Å². The Morgan fingerprint density at radius 1 is 1.75 bits per heavy atom. The highest BCUT2D eigenvalue weighted by Crippen LogP contribution is 1.95. The smallest absolute Gasteiger partial charge is 0.229 e. The number of carbonyl (C=O) groups excluding carboxylic acids is 1. The van der Waals surface area contributed by atoms with E-state index in [4.69, 9.17) is 18.0 Å². The zero-order chi connectivity index (χ0) is 12.1. The third-order valence-electron chi connectivity index (χ3n) is 2.22. The van der Waals surface area contributed by atoms with Crippen molar-refractivity contribution in [2.24, 2.45) is 11.7 Å². The van der Waals surface area contributed by atoms with Gasteiger partial charge < -0.3 is 11.1 Å². The molecule has 0 bridgehead atoms. The SMILES string of the molecule is Cc1cnn(CCNC(=O)C(C)C(N)=S)c1. The third-order valence-corrected chi connectivity index (χ3v) is 2.58. The quantitative estimate of drug-likeness (QED) is 0.723. The van der Waals surface area contributed by atoms with Crippen molar-refractivity contribution in [1.29, 1.82) is 0 Å². The largest absolute Gasteiger partial charge is 0.393 e. The molecule has 0 aromatic carbocycles. The van der Waals surface area contributed by atoms with E-state index in [1.54, 1.807) is 17.8 Å². The molecule has 1 atom stereocenters. The monoisotopic (exact) mass is 240 g/mol. The first-order valence-electron chi connectivity index (χ1n) is 5.07. The summed E-state index contributed by atoms with van der Waals surface area (Å²) in [5.41, 5.74) is 6.48. The summed E-state index contributed by atoms with van der Waals surface area (Å²) in [6.45, 7) is 4.82. The van der Waals surface area contributed by atoms with Crippen LogP contribution in [-0.2, 0) is 11.3 Å². The van der Waals surface area contributed by atoms with Crippen molar-refractivity contribution in [3.05, 3.63) is 18.0 Å². The Balaban J connectivity index is 2.30. The molecular weight excluding hydrogens is 224 g/mol. The van der Waals surface area contributed by atoms with E-state index in [1.807, 2.05) is 13.1 Å². The first-order chi connectivity index (χ1) is 7.50. The van der Waals surface area contributed by atoms with Crippen LogP contribution in [0.2, 0.25) is 0 Å². The van der Waals surface area contributed by atoms with Crippen molar-refractivity contribution in [2.75, 3.05) is 6.54 Å². The van der Waals surface area contributed by atoms with Gasteiger partial charge in [0.1, 0.15) is 0 Å². The van der Waals surface area contributed by atoms with Crippen LogP contribution in [0.3, 0.4) is 0 Å². The maximum absolute atomic E-state index is 11.5. The van der Waals surface area contributed by atoms with Crippen molar-refractivity contribution < 1.29 is 4.79 Å². The minimum atomic E-state index is -0.422. The van der Waals surface area contributed by atoms with Crippen LogP contribution in [0.1, 0.15) is 12.5 Å². The zero-order valence-electron chi connectivity index (χ0n) is 9.43. The summed E-state index contributed by atoms with van der Waals surface area (Å²) >= 11 is 4.74. The molecule has 0 aliphatic carbocycles. The van der Waals surface area contributed by atoms with Gasteiger partial charge in [0.2, 0.25) is 5.91 Å². The highest BCUT2D eigenvalue weighted by Gasteiger charge is 2.14. The van der Waals surface area contributed by atoms with Gasteiger partial charge in [-0.05, 0) is 19.4 Å². The van der Waals surface area contributed by atoms with Crippen molar-refractivity contribution in [1.82, 2.24) is 15.1 Å². The molecule has 0 fully saturated rings. The van der Waals surface area contributed by atoms with Gasteiger partial charge in [-0.2, -0.15) is 5.10 Å². The van der Waals surface area contributed by atoms with Gasteiger partial charge in [0.25, 0.3) is 0 Å². The average molecular weight is 240 g/mol. The molecule has 0 saturated carbocycles. The van der Waals surface area contributed by atoms with Crippen LogP contribution in [0, 0.1) is 12.8 Å². The van der Waals surface area contributed by atoms with E-state index in [2.05, 4.69) is 10.4 Å². The Hall–Kier alpha value is -1.43. The highest BCUT2D eigenvalue weighted by atomic mass is 32.1. The average Bonchev–Trinajstić information content (AvgIpc) is 2.62. The molecule has 1 aromatic rings. The van der Waals surface area contributed by atoms with Crippen LogP contribution in [0.25, 0.3) is 0 Å². The standard InChI is InChI=1S/C10H16N4OS/c1-7-5-13-14(6-7)4-3-12-10(15)8(2)9(11)16/h5-6,8H,3-4H2,1-2H3,(H2,11,16)(H,12,15). The molecular formula is C10H16N4OS. The van der Waals surface area contributed by atoms with E-state index >= 15 is 0 Å². The molecule has 16 heavy (non-hydrogen) atoms. The Morgan fingerprint density at radius 2 is 2.44 bits per heavy atom. The molecule has 0 aliphatic heterocycles. The lowest BCUT2D eigenvalue weighted by atomic mass is 10.2. The van der Waals surface area contributed by atoms with E-state index in [0.29, 0.717) is 13.1 Å². The summed E-state index contributed by atoms with van der Waals surface area (Å²) in [4.78, 5) is 11.7. The molecule has 0 radical (unpaired) electrons. The Kier molecular flexibility index (Phi) is 4.42. The Bertz CT molecular complexity index is 388. The van der Waals surface area contributed by atoms with Crippen LogP contribution in [0.4, 0.5) is 0 Å². The van der Waals surface area contributed by atoms with Gasteiger partial charge in [-0.25, -0.2) is 0 Å². The predicted octanol–water partition coefficient (Wildman–Crippen LogP) is 0.230. The summed E-state index contributed by atoms with van der Waals surface area (Å²) < 4.78 is 1.78. The molecule has 3 N–H and O–H groups in total. The van der Waals surface area contributed by atoms with Crippen molar-refractivity contribution >= 4 is 23.1 Å². The number of thiocarbonyl (C=S) groups is 1. The van der Waals surface area contributed by atoms with Crippen LogP contribution < -0.4 is 11.1 Å². The number of hydrogen-bond acceptors (Lipinski definition) is 3. The molecule has 6 heteroatoms. The number of rotatable bonds is 5. The molecule has 1 unspecified atom stereocenters. The maximum atomic E-state index is 11.5. The van der Waals surface area contributed by atoms with Gasteiger partial charge in [0, 0.05) is 12.7 Å². The van der Waals surface area contributed by atoms with Crippen molar-refractivity contribution in [3.8, 4) is 0 Å². The second-order valence-electron chi connectivity index (χ2n) is 3.70. The number of aromatic nitrogens is 2. The summed E-state index contributed by atoms with van der Waals surface area (Å²) in [7, 11) is 0. The van der Waals surface area contributed by atoms with Crippen molar-refractivity contribution in [3.63, 3.8) is 0 Å². The summed E-state index contributed by atoms with van der Waals surface area (Å²) in [6, 6.07) is 0. The number of nitrogens with zero attached hydrogens (tertiary/aromatic N) is 2. The molecule has 5 nitrogen and oxygen atoms in total.